The Morgan fingerprint density at radius 1 is 1.50 bits per heavy atom. The average Bonchev–Trinajstić information content (AvgIpc) is 2.87. The Morgan fingerprint density at radius 3 is 3.06 bits per heavy atom. The van der Waals surface area contributed by atoms with Gasteiger partial charge >= 0.3 is 0 Å². The van der Waals surface area contributed by atoms with Crippen LogP contribution in [-0.2, 0) is 6.54 Å². The third-order valence-corrected chi connectivity index (χ3v) is 4.65. The predicted octanol–water partition coefficient (Wildman–Crippen LogP) is 3.84. The number of hydrogen-bond acceptors (Lipinski definition) is 2. The fourth-order valence-electron chi connectivity index (χ4n) is 3.07. The van der Waals surface area contributed by atoms with Gasteiger partial charge in [-0.05, 0) is 49.0 Å². The quantitative estimate of drug-likeness (QED) is 0.833. The van der Waals surface area contributed by atoms with Gasteiger partial charge in [-0.2, -0.15) is 0 Å². The number of fused-ring (bicyclic) bond motifs is 1. The van der Waals surface area contributed by atoms with Gasteiger partial charge in [-0.15, -0.1) is 0 Å². The van der Waals surface area contributed by atoms with Crippen molar-refractivity contribution in [2.24, 2.45) is 11.8 Å². The molecule has 1 saturated carbocycles. The van der Waals surface area contributed by atoms with Gasteiger partial charge in [0.15, 0.2) is 10.4 Å². The molecular formula is C14H19N3S. The Bertz CT molecular complexity index is 625. The van der Waals surface area contributed by atoms with Crippen molar-refractivity contribution in [2.45, 2.75) is 39.7 Å². The van der Waals surface area contributed by atoms with Gasteiger partial charge in [0.25, 0.3) is 0 Å². The summed E-state index contributed by atoms with van der Waals surface area (Å²) in [4.78, 5) is 7.79. The van der Waals surface area contributed by atoms with Crippen LogP contribution in [0.3, 0.4) is 0 Å². The summed E-state index contributed by atoms with van der Waals surface area (Å²) in [7, 11) is 0. The third kappa shape index (κ3) is 1.88. The zero-order valence-electron chi connectivity index (χ0n) is 10.9. The van der Waals surface area contributed by atoms with Crippen molar-refractivity contribution in [3.63, 3.8) is 0 Å². The van der Waals surface area contributed by atoms with Crippen LogP contribution in [0.5, 0.6) is 0 Å². The van der Waals surface area contributed by atoms with Crippen LogP contribution in [0.2, 0.25) is 0 Å². The summed E-state index contributed by atoms with van der Waals surface area (Å²) in [5.74, 6) is 1.56. The summed E-state index contributed by atoms with van der Waals surface area (Å²) < 4.78 is 3.00. The van der Waals surface area contributed by atoms with Gasteiger partial charge in [-0.3, -0.25) is 0 Å². The van der Waals surface area contributed by atoms with Gasteiger partial charge in [-0.1, -0.05) is 19.8 Å². The molecule has 3 rings (SSSR count). The van der Waals surface area contributed by atoms with Crippen LogP contribution < -0.4 is 0 Å². The Labute approximate surface area is 112 Å². The number of aromatic nitrogens is 3. The minimum atomic E-state index is 0.748. The number of nitrogens with one attached hydrogen (secondary N) is 1. The van der Waals surface area contributed by atoms with Crippen LogP contribution in [0.1, 0.15) is 31.7 Å². The zero-order valence-corrected chi connectivity index (χ0v) is 11.8. The molecule has 3 nitrogen and oxygen atoms in total. The molecule has 4 heteroatoms. The van der Waals surface area contributed by atoms with Crippen molar-refractivity contribution in [2.75, 3.05) is 0 Å². The molecule has 2 unspecified atom stereocenters. The monoisotopic (exact) mass is 261 g/mol. The topological polar surface area (TPSA) is 33.6 Å². The van der Waals surface area contributed by atoms with Gasteiger partial charge in [0.1, 0.15) is 0 Å². The number of aromatic amines is 1. The van der Waals surface area contributed by atoms with E-state index in [4.69, 9.17) is 12.2 Å². The molecule has 0 aliphatic heterocycles. The van der Waals surface area contributed by atoms with Crippen LogP contribution in [0.15, 0.2) is 12.3 Å². The molecule has 2 heterocycles. The first kappa shape index (κ1) is 11.9. The van der Waals surface area contributed by atoms with Crippen LogP contribution in [0.25, 0.3) is 11.2 Å². The van der Waals surface area contributed by atoms with Gasteiger partial charge in [0.2, 0.25) is 0 Å². The van der Waals surface area contributed by atoms with E-state index >= 15 is 0 Å². The van der Waals surface area contributed by atoms with Gasteiger partial charge in [0, 0.05) is 12.7 Å². The van der Waals surface area contributed by atoms with E-state index in [0.29, 0.717) is 0 Å². The van der Waals surface area contributed by atoms with Crippen molar-refractivity contribution in [1.29, 1.82) is 0 Å². The SMILES string of the molecule is Cc1ccnc2c1[nH]c(=S)n2CC1CCCC1C. The van der Waals surface area contributed by atoms with Crippen LogP contribution in [0, 0.1) is 23.5 Å². The fourth-order valence-corrected chi connectivity index (χ4v) is 3.33. The smallest absolute Gasteiger partial charge is 0.179 e. The lowest BCUT2D eigenvalue weighted by molar-refractivity contribution is 0.366. The summed E-state index contributed by atoms with van der Waals surface area (Å²) in [5.41, 5.74) is 3.32. The second-order valence-corrected chi connectivity index (χ2v) is 5.92. The molecule has 2 atom stereocenters. The lowest BCUT2D eigenvalue weighted by atomic mass is 9.98. The normalized spacial score (nSPS) is 23.9. The summed E-state index contributed by atoms with van der Waals surface area (Å²) in [6.45, 7) is 5.46. The number of nitrogens with zero attached hydrogens (tertiary/aromatic N) is 2. The molecule has 1 aliphatic carbocycles. The van der Waals surface area contributed by atoms with Crippen molar-refractivity contribution < 1.29 is 0 Å². The Morgan fingerprint density at radius 2 is 2.33 bits per heavy atom. The zero-order chi connectivity index (χ0) is 12.7. The van der Waals surface area contributed by atoms with E-state index < -0.39 is 0 Å². The first-order chi connectivity index (χ1) is 8.66. The summed E-state index contributed by atoms with van der Waals surface area (Å²) in [6, 6.07) is 2.02. The van der Waals surface area contributed by atoms with E-state index in [1.165, 1.54) is 24.8 Å². The van der Waals surface area contributed by atoms with E-state index in [2.05, 4.69) is 28.4 Å². The minimum Gasteiger partial charge on any atom is -0.329 e. The van der Waals surface area contributed by atoms with Crippen LogP contribution in [-0.4, -0.2) is 14.5 Å². The molecule has 0 radical (unpaired) electrons. The second-order valence-electron chi connectivity index (χ2n) is 5.54. The molecule has 18 heavy (non-hydrogen) atoms. The maximum atomic E-state index is 5.45. The maximum absolute atomic E-state index is 5.45. The standard InChI is InChI=1S/C14H19N3S/c1-9-4-3-5-11(9)8-17-13-12(16-14(17)18)10(2)6-7-15-13/h6-7,9,11H,3-5,8H2,1-2H3,(H,16,18). The molecular weight excluding hydrogens is 242 g/mol. The van der Waals surface area contributed by atoms with E-state index in [-0.39, 0.29) is 0 Å². The van der Waals surface area contributed by atoms with Gasteiger partial charge in [-0.25, -0.2) is 4.98 Å². The second kappa shape index (κ2) is 4.50. The van der Waals surface area contributed by atoms with Crippen LogP contribution in [0.4, 0.5) is 0 Å². The number of imidazole rings is 1. The van der Waals surface area contributed by atoms with Gasteiger partial charge in [0.05, 0.1) is 5.52 Å². The van der Waals surface area contributed by atoms with Crippen molar-refractivity contribution in [3.05, 3.63) is 22.6 Å². The van der Waals surface area contributed by atoms with Crippen LogP contribution >= 0.6 is 12.2 Å². The Balaban J connectivity index is 2.04. The lowest BCUT2D eigenvalue weighted by Crippen LogP contribution is -2.13. The Hall–Kier alpha value is -1.16. The van der Waals surface area contributed by atoms with Crippen molar-refractivity contribution in [1.82, 2.24) is 14.5 Å². The summed E-state index contributed by atoms with van der Waals surface area (Å²) in [5, 5.41) is 0. The minimum absolute atomic E-state index is 0.748. The molecule has 0 spiro atoms. The first-order valence-corrected chi connectivity index (χ1v) is 7.12. The first-order valence-electron chi connectivity index (χ1n) is 6.71. The summed E-state index contributed by atoms with van der Waals surface area (Å²) >= 11 is 5.45. The summed E-state index contributed by atoms with van der Waals surface area (Å²) in [6.07, 6.45) is 5.90. The highest BCUT2D eigenvalue weighted by molar-refractivity contribution is 7.71. The van der Waals surface area contributed by atoms with E-state index in [9.17, 15) is 0 Å². The van der Waals surface area contributed by atoms with E-state index in [1.54, 1.807) is 0 Å². The van der Waals surface area contributed by atoms with E-state index in [1.807, 2.05) is 12.3 Å². The molecule has 0 aromatic carbocycles. The molecule has 1 N–H and O–H groups in total. The number of aryl methyl sites for hydroxylation is 1. The predicted molar refractivity (Wildman–Crippen MR) is 76.2 cm³/mol. The molecule has 0 amide bonds. The molecule has 2 aromatic rings. The maximum Gasteiger partial charge on any atom is 0.179 e. The molecule has 0 saturated heterocycles. The fraction of sp³-hybridized carbons (Fsp3) is 0.571. The average molecular weight is 261 g/mol. The molecule has 1 aliphatic rings. The highest BCUT2D eigenvalue weighted by Crippen LogP contribution is 2.33. The number of pyridine rings is 1. The molecule has 0 bridgehead atoms. The van der Waals surface area contributed by atoms with E-state index in [0.717, 1.165) is 34.3 Å². The molecule has 2 aromatic heterocycles. The third-order valence-electron chi connectivity index (χ3n) is 4.33. The van der Waals surface area contributed by atoms with Crippen molar-refractivity contribution >= 4 is 23.4 Å². The number of hydrogen-bond donors (Lipinski definition) is 1. The largest absolute Gasteiger partial charge is 0.329 e. The van der Waals surface area contributed by atoms with Gasteiger partial charge < -0.3 is 9.55 Å². The Kier molecular flexibility index (Phi) is 2.98. The molecule has 96 valence electrons. The lowest BCUT2D eigenvalue weighted by Gasteiger charge is -2.16. The molecule has 1 fully saturated rings. The highest BCUT2D eigenvalue weighted by atomic mass is 32.1. The van der Waals surface area contributed by atoms with Crippen molar-refractivity contribution in [3.8, 4) is 0 Å². The highest BCUT2D eigenvalue weighted by Gasteiger charge is 2.24. The number of H-pyrrole nitrogens is 1. The number of rotatable bonds is 2.